The highest BCUT2D eigenvalue weighted by molar-refractivity contribution is 5.94. The van der Waals surface area contributed by atoms with Gasteiger partial charge in [-0.05, 0) is 12.1 Å². The molecule has 102 valence electrons. The number of carbonyl (C=O) groups is 2. The van der Waals surface area contributed by atoms with Crippen LogP contribution in [0.5, 0.6) is 0 Å². The smallest absolute Gasteiger partial charge is 0.302 e. The minimum Gasteiger partial charge on any atom is -0.462 e. The maximum absolute atomic E-state index is 13.5. The van der Waals surface area contributed by atoms with E-state index in [2.05, 4.69) is 0 Å². The molecule has 1 aliphatic rings. The molecule has 0 atom stereocenters. The highest BCUT2D eigenvalue weighted by Gasteiger charge is 2.26. The van der Waals surface area contributed by atoms with Crippen molar-refractivity contribution < 1.29 is 18.7 Å². The van der Waals surface area contributed by atoms with Crippen LogP contribution in [0, 0.1) is 5.82 Å². The predicted octanol–water partition coefficient (Wildman–Crippen LogP) is 1.99. The van der Waals surface area contributed by atoms with Crippen LogP contribution in [0.3, 0.4) is 0 Å². The number of nitrogens with zero attached hydrogens (tertiary/aromatic N) is 1. The molecule has 19 heavy (non-hydrogen) atoms. The molecule has 0 radical (unpaired) electrons. The molecule has 0 unspecified atom stereocenters. The summed E-state index contributed by atoms with van der Waals surface area (Å²) in [6.45, 7) is 2.33. The first-order chi connectivity index (χ1) is 9.08. The van der Waals surface area contributed by atoms with Crippen LogP contribution in [0.25, 0.3) is 0 Å². The molecule has 1 aliphatic heterocycles. The Morgan fingerprint density at radius 3 is 2.47 bits per heavy atom. The van der Waals surface area contributed by atoms with Gasteiger partial charge in [-0.1, -0.05) is 12.1 Å². The second-order valence-electron chi connectivity index (χ2n) is 4.58. The van der Waals surface area contributed by atoms with Crippen LogP contribution in [0.2, 0.25) is 0 Å². The molecule has 1 saturated heterocycles. The number of ether oxygens (including phenoxy) is 1. The van der Waals surface area contributed by atoms with Crippen molar-refractivity contribution in [1.82, 2.24) is 4.90 Å². The molecule has 5 heteroatoms. The molecule has 1 heterocycles. The Labute approximate surface area is 111 Å². The van der Waals surface area contributed by atoms with E-state index in [0.29, 0.717) is 25.9 Å². The molecule has 0 N–H and O–H groups in total. The Morgan fingerprint density at radius 2 is 1.89 bits per heavy atom. The second kappa shape index (κ2) is 5.82. The third kappa shape index (κ3) is 3.30. The fourth-order valence-corrected chi connectivity index (χ4v) is 2.22. The molecule has 0 bridgehead atoms. The van der Waals surface area contributed by atoms with Gasteiger partial charge >= 0.3 is 5.97 Å². The molecular formula is C14H16FNO3. The fourth-order valence-electron chi connectivity index (χ4n) is 2.22. The largest absolute Gasteiger partial charge is 0.462 e. The van der Waals surface area contributed by atoms with Crippen molar-refractivity contribution >= 4 is 11.9 Å². The summed E-state index contributed by atoms with van der Waals surface area (Å²) in [6, 6.07) is 5.95. The first-order valence-electron chi connectivity index (χ1n) is 6.29. The lowest BCUT2D eigenvalue weighted by Gasteiger charge is -2.31. The third-order valence-electron chi connectivity index (χ3n) is 3.17. The zero-order valence-electron chi connectivity index (χ0n) is 10.8. The first kappa shape index (κ1) is 13.5. The van der Waals surface area contributed by atoms with Crippen molar-refractivity contribution in [2.45, 2.75) is 25.9 Å². The van der Waals surface area contributed by atoms with Crippen molar-refractivity contribution in [3.63, 3.8) is 0 Å². The van der Waals surface area contributed by atoms with E-state index >= 15 is 0 Å². The molecule has 1 aromatic carbocycles. The fraction of sp³-hybridized carbons (Fsp3) is 0.429. The van der Waals surface area contributed by atoms with Crippen LogP contribution in [0.15, 0.2) is 24.3 Å². The zero-order valence-corrected chi connectivity index (χ0v) is 10.8. The number of carbonyl (C=O) groups excluding carboxylic acids is 2. The summed E-state index contributed by atoms with van der Waals surface area (Å²) in [5.74, 6) is -1.12. The van der Waals surface area contributed by atoms with Gasteiger partial charge in [-0.15, -0.1) is 0 Å². The number of hydrogen-bond acceptors (Lipinski definition) is 3. The van der Waals surface area contributed by atoms with Gasteiger partial charge in [0, 0.05) is 32.9 Å². The lowest BCUT2D eigenvalue weighted by atomic mass is 10.1. The molecular weight excluding hydrogens is 249 g/mol. The van der Waals surface area contributed by atoms with Gasteiger partial charge in [0.2, 0.25) is 0 Å². The van der Waals surface area contributed by atoms with Crippen molar-refractivity contribution in [2.24, 2.45) is 0 Å². The predicted molar refractivity (Wildman–Crippen MR) is 67.1 cm³/mol. The number of likely N-dealkylation sites (tertiary alicyclic amines) is 1. The number of esters is 1. The van der Waals surface area contributed by atoms with E-state index in [1.54, 1.807) is 17.0 Å². The maximum atomic E-state index is 13.5. The number of hydrogen-bond donors (Lipinski definition) is 0. The summed E-state index contributed by atoms with van der Waals surface area (Å²) in [4.78, 5) is 24.6. The van der Waals surface area contributed by atoms with Gasteiger partial charge in [0.25, 0.3) is 5.91 Å². The van der Waals surface area contributed by atoms with Crippen LogP contribution < -0.4 is 0 Å². The molecule has 1 amide bonds. The molecule has 0 spiro atoms. The van der Waals surface area contributed by atoms with E-state index in [9.17, 15) is 14.0 Å². The normalized spacial score (nSPS) is 16.2. The van der Waals surface area contributed by atoms with Gasteiger partial charge in [-0.25, -0.2) is 4.39 Å². The quantitative estimate of drug-likeness (QED) is 0.768. The zero-order chi connectivity index (χ0) is 13.8. The summed E-state index contributed by atoms with van der Waals surface area (Å²) < 4.78 is 18.6. The summed E-state index contributed by atoms with van der Waals surface area (Å²) in [5.41, 5.74) is 0.0911. The van der Waals surface area contributed by atoms with E-state index in [1.165, 1.54) is 19.1 Å². The Balaban J connectivity index is 1.96. The lowest BCUT2D eigenvalue weighted by Crippen LogP contribution is -2.41. The van der Waals surface area contributed by atoms with Gasteiger partial charge in [0.15, 0.2) is 0 Å². The molecule has 0 aromatic heterocycles. The average molecular weight is 265 g/mol. The second-order valence-corrected chi connectivity index (χ2v) is 4.58. The van der Waals surface area contributed by atoms with Crippen LogP contribution in [0.4, 0.5) is 4.39 Å². The Morgan fingerprint density at radius 1 is 1.26 bits per heavy atom. The molecule has 2 rings (SSSR count). The van der Waals surface area contributed by atoms with Crippen LogP contribution in [-0.4, -0.2) is 36.0 Å². The first-order valence-corrected chi connectivity index (χ1v) is 6.29. The number of rotatable bonds is 2. The number of amides is 1. The van der Waals surface area contributed by atoms with E-state index in [4.69, 9.17) is 4.74 Å². The SMILES string of the molecule is CC(=O)OC1CCN(C(=O)c2ccccc2F)CC1. The van der Waals surface area contributed by atoms with Gasteiger partial charge in [0.05, 0.1) is 5.56 Å². The minimum atomic E-state index is -0.505. The molecule has 1 fully saturated rings. The minimum absolute atomic E-state index is 0.0911. The van der Waals surface area contributed by atoms with Gasteiger partial charge in [0.1, 0.15) is 11.9 Å². The molecule has 0 saturated carbocycles. The van der Waals surface area contributed by atoms with Crippen LogP contribution in [-0.2, 0) is 9.53 Å². The average Bonchev–Trinajstić information content (AvgIpc) is 2.39. The standard InChI is InChI=1S/C14H16FNO3/c1-10(17)19-11-6-8-16(9-7-11)14(18)12-4-2-3-5-13(12)15/h2-5,11H,6-9H2,1H3. The number of halogens is 1. The van der Waals surface area contributed by atoms with Gasteiger partial charge < -0.3 is 9.64 Å². The number of benzene rings is 1. The van der Waals surface area contributed by atoms with E-state index in [0.717, 1.165) is 0 Å². The van der Waals surface area contributed by atoms with E-state index < -0.39 is 5.82 Å². The Hall–Kier alpha value is -1.91. The Kier molecular flexibility index (Phi) is 4.14. The van der Waals surface area contributed by atoms with E-state index in [-0.39, 0.29) is 23.5 Å². The summed E-state index contributed by atoms with van der Waals surface area (Å²) >= 11 is 0. The van der Waals surface area contributed by atoms with Gasteiger partial charge in [-0.2, -0.15) is 0 Å². The highest BCUT2D eigenvalue weighted by atomic mass is 19.1. The maximum Gasteiger partial charge on any atom is 0.302 e. The van der Waals surface area contributed by atoms with Crippen molar-refractivity contribution in [1.29, 1.82) is 0 Å². The molecule has 0 aliphatic carbocycles. The lowest BCUT2D eigenvalue weighted by molar-refractivity contribution is -0.148. The third-order valence-corrected chi connectivity index (χ3v) is 3.17. The van der Waals surface area contributed by atoms with Crippen LogP contribution >= 0.6 is 0 Å². The molecule has 4 nitrogen and oxygen atoms in total. The monoisotopic (exact) mass is 265 g/mol. The molecule has 1 aromatic rings. The summed E-state index contributed by atoms with van der Waals surface area (Å²) in [7, 11) is 0. The summed E-state index contributed by atoms with van der Waals surface area (Å²) in [5, 5.41) is 0. The van der Waals surface area contributed by atoms with Crippen LogP contribution in [0.1, 0.15) is 30.1 Å². The summed E-state index contributed by atoms with van der Waals surface area (Å²) in [6.07, 6.45) is 1.06. The van der Waals surface area contributed by atoms with Gasteiger partial charge in [-0.3, -0.25) is 9.59 Å². The Bertz CT molecular complexity index is 481. The highest BCUT2D eigenvalue weighted by Crippen LogP contribution is 2.17. The van der Waals surface area contributed by atoms with E-state index in [1.807, 2.05) is 0 Å². The van der Waals surface area contributed by atoms with Crippen molar-refractivity contribution in [3.05, 3.63) is 35.6 Å². The van der Waals surface area contributed by atoms with Crippen molar-refractivity contribution in [2.75, 3.05) is 13.1 Å². The van der Waals surface area contributed by atoms with Crippen molar-refractivity contribution in [3.8, 4) is 0 Å². The topological polar surface area (TPSA) is 46.6 Å². The number of piperidine rings is 1.